The number of aliphatic hydroxyl groups is 12. The van der Waals surface area contributed by atoms with Crippen molar-refractivity contribution in [3.63, 3.8) is 0 Å². The average Bonchev–Trinajstić information content (AvgIpc) is 0.776. The van der Waals surface area contributed by atoms with Crippen LogP contribution in [-0.2, 0) is 139 Å². The maximum atomic E-state index is 13.0. The fourth-order valence-corrected chi connectivity index (χ4v) is 12.0. The first-order valence-electron chi connectivity index (χ1n) is 27.4. The highest BCUT2D eigenvalue weighted by molar-refractivity contribution is 7.81. The standard InChI is InChI=1S/C42H71N3O46S5/c1-10(47)43-19-26(54)22(50)14(5-76-92(61,62)63)82-38(19)90-35-24(52)15(6-77-93(64,65)66)83-41(30(35)58)88-33-18(9-80-96(73,74)75)86-40(21(28(33)56)45-12(3)49)91-36-25(53)16(7-78-94(67,68)69)84-42(31(36)59)87-32-17(8-79-95(70,71)72)85-39(20(27(32)55)44-11(2)48)89-34-23(51)13(4-46)81-37(60)29(34)57/h13-42,46,50-60H,4-9H2,1-3H3,(H,43,47)(H,44,48)(H,45,49)(H,61,62,63)(H,64,65,66)(H,67,68,69)(H,70,71,72)(H,73,74,75)/t13-,14-,15-,16-,17-,18-,19-,20-,21-,22-,23+,24+,25+,26-,27-,28-,29-,30-,31-,32-,33-,34+,35+,36+,37-,38+,39+,40+,41+,42+/m1/s1. The molecule has 560 valence electrons. The number of rotatable bonds is 29. The third-order valence-corrected chi connectivity index (χ3v) is 16.8. The summed E-state index contributed by atoms with van der Waals surface area (Å²) in [4.78, 5) is 37.9. The predicted molar refractivity (Wildman–Crippen MR) is 286 cm³/mol. The Morgan fingerprint density at radius 1 is 0.312 bits per heavy atom. The second-order valence-corrected chi connectivity index (χ2v) is 27.1. The Bertz CT molecular complexity index is 3200. The first-order chi connectivity index (χ1) is 44.2. The Kier molecular flexibility index (Phi) is 28.4. The van der Waals surface area contributed by atoms with Crippen LogP contribution in [0.25, 0.3) is 0 Å². The van der Waals surface area contributed by atoms with E-state index in [1.807, 2.05) is 0 Å². The highest BCUT2D eigenvalue weighted by Crippen LogP contribution is 2.38. The maximum Gasteiger partial charge on any atom is 0.397 e. The summed E-state index contributed by atoms with van der Waals surface area (Å²) < 4.78 is 249. The van der Waals surface area contributed by atoms with E-state index in [1.165, 1.54) is 0 Å². The first-order valence-corrected chi connectivity index (χ1v) is 34.2. The van der Waals surface area contributed by atoms with Crippen molar-refractivity contribution in [2.24, 2.45) is 0 Å². The minimum Gasteiger partial charge on any atom is -0.394 e. The van der Waals surface area contributed by atoms with E-state index in [2.05, 4.69) is 36.9 Å². The molecule has 20 N–H and O–H groups in total. The SMILES string of the molecule is CC(=O)N[C@H]1[C@H](O[C@@H]2[C@@H](O)[C@H](O)O[C@H](CO)[C@@H]2O)O[C@H](COS(=O)(=O)O)[C@@H](O[C@@H]2O[C@H](COS(=O)(=O)O)[C@H](O)[C@H](O[C@@H]3O[C@H](COS(=O)(=O)O)[C@@H](O[C@@H]4O[C@H](COS(=O)(=O)O)[C@H](O)[C@H](O[C@@H]5O[C@H](COS(=O)(=O)O)[C@@H](O)[C@H](O)[C@H]5NC(C)=O)[C@H]4O)[C@H](O)[C@H]3NC(C)=O)[C@H]2O)[C@@H]1O. The summed E-state index contributed by atoms with van der Waals surface area (Å²) in [6.07, 6.45) is -64.1. The largest absolute Gasteiger partial charge is 0.397 e. The van der Waals surface area contributed by atoms with Crippen molar-refractivity contribution in [2.75, 3.05) is 39.6 Å². The van der Waals surface area contributed by atoms with E-state index < -0.39 is 293 Å². The molecule has 96 heavy (non-hydrogen) atoms. The summed E-state index contributed by atoms with van der Waals surface area (Å²) in [5.74, 6) is -3.26. The number of carbonyl (C=O) groups is 3. The minimum atomic E-state index is -5.66. The molecule has 6 saturated heterocycles. The Labute approximate surface area is 541 Å². The highest BCUT2D eigenvalue weighted by Gasteiger charge is 2.59. The van der Waals surface area contributed by atoms with Crippen LogP contribution >= 0.6 is 0 Å². The van der Waals surface area contributed by atoms with Crippen LogP contribution in [0.5, 0.6) is 0 Å². The van der Waals surface area contributed by atoms with Gasteiger partial charge in [-0.3, -0.25) is 37.1 Å². The molecule has 6 aliphatic rings. The van der Waals surface area contributed by atoms with Gasteiger partial charge in [-0.05, 0) is 0 Å². The minimum absolute atomic E-state index is 0.749. The van der Waals surface area contributed by atoms with Gasteiger partial charge in [0.15, 0.2) is 37.7 Å². The van der Waals surface area contributed by atoms with Gasteiger partial charge in [0.1, 0.15) is 146 Å². The number of carbonyl (C=O) groups excluding carboxylic acids is 3. The molecule has 0 spiro atoms. The molecule has 6 fully saturated rings. The van der Waals surface area contributed by atoms with Gasteiger partial charge in [0.05, 0.1) is 39.6 Å². The van der Waals surface area contributed by atoms with Crippen LogP contribution < -0.4 is 16.0 Å². The molecule has 0 aliphatic carbocycles. The Balaban J connectivity index is 1.38. The second kappa shape index (κ2) is 33.3. The third kappa shape index (κ3) is 22.4. The molecular weight excluding hydrogens is 1440 g/mol. The van der Waals surface area contributed by atoms with E-state index in [1.54, 1.807) is 0 Å². The van der Waals surface area contributed by atoms with E-state index in [-0.39, 0.29) is 0 Å². The smallest absolute Gasteiger partial charge is 0.394 e. The number of hydrogen-bond acceptors (Lipinski definition) is 41. The number of hydrogen-bond donors (Lipinski definition) is 20. The van der Waals surface area contributed by atoms with E-state index >= 15 is 0 Å². The molecule has 0 aromatic carbocycles. The van der Waals surface area contributed by atoms with Crippen LogP contribution in [0, 0.1) is 0 Å². The molecule has 6 aliphatic heterocycles. The second-order valence-electron chi connectivity index (χ2n) is 21.6. The number of nitrogens with one attached hydrogen (secondary N) is 3. The van der Waals surface area contributed by atoms with Gasteiger partial charge in [-0.25, -0.2) is 20.9 Å². The van der Waals surface area contributed by atoms with E-state index in [0.29, 0.717) is 0 Å². The zero-order chi connectivity index (χ0) is 72.2. The van der Waals surface area contributed by atoms with Gasteiger partial charge >= 0.3 is 52.0 Å². The van der Waals surface area contributed by atoms with Crippen LogP contribution in [0.3, 0.4) is 0 Å². The lowest BCUT2D eigenvalue weighted by Crippen LogP contribution is -2.71. The zero-order valence-electron chi connectivity index (χ0n) is 49.0. The lowest BCUT2D eigenvalue weighted by molar-refractivity contribution is -0.384. The van der Waals surface area contributed by atoms with Crippen LogP contribution in [0.2, 0.25) is 0 Å². The van der Waals surface area contributed by atoms with Crippen molar-refractivity contribution in [2.45, 2.75) is 205 Å². The Morgan fingerprint density at radius 3 is 0.865 bits per heavy atom. The molecule has 0 saturated carbocycles. The summed E-state index contributed by atoms with van der Waals surface area (Å²) in [5.41, 5.74) is 0. The number of aliphatic hydroxyl groups excluding tert-OH is 12. The topological polar surface area (TPSA) is 750 Å². The van der Waals surface area contributed by atoms with Gasteiger partial charge in [0.25, 0.3) is 0 Å². The predicted octanol–water partition coefficient (Wildman–Crippen LogP) is -14.5. The van der Waals surface area contributed by atoms with Crippen LogP contribution in [0.1, 0.15) is 20.8 Å². The quantitative estimate of drug-likeness (QED) is 0.0309. The van der Waals surface area contributed by atoms with Gasteiger partial charge in [-0.15, -0.1) is 0 Å². The molecule has 0 aromatic heterocycles. The summed E-state index contributed by atoms with van der Waals surface area (Å²) in [5, 5.41) is 141. The number of ether oxygens (including phenoxy) is 11. The maximum absolute atomic E-state index is 13.0. The molecule has 0 bridgehead atoms. The molecule has 54 heteroatoms. The van der Waals surface area contributed by atoms with E-state index in [4.69, 9.17) is 56.7 Å². The highest BCUT2D eigenvalue weighted by atomic mass is 32.3. The van der Waals surface area contributed by atoms with Crippen molar-refractivity contribution in [1.29, 1.82) is 0 Å². The summed E-state index contributed by atoms with van der Waals surface area (Å²) in [6, 6.07) is -6.40. The van der Waals surface area contributed by atoms with Crippen molar-refractivity contribution in [3.05, 3.63) is 0 Å². The molecule has 0 radical (unpaired) electrons. The lowest BCUT2D eigenvalue weighted by Gasteiger charge is -2.51. The molecule has 30 atom stereocenters. The van der Waals surface area contributed by atoms with Crippen LogP contribution in [-0.4, -0.2) is 368 Å². The van der Waals surface area contributed by atoms with Gasteiger partial charge < -0.3 is 129 Å². The molecule has 49 nitrogen and oxygen atoms in total. The van der Waals surface area contributed by atoms with Crippen molar-refractivity contribution in [3.8, 4) is 0 Å². The van der Waals surface area contributed by atoms with Gasteiger partial charge in [0.2, 0.25) is 17.7 Å². The summed E-state index contributed by atoms with van der Waals surface area (Å²) >= 11 is 0. The van der Waals surface area contributed by atoms with Gasteiger partial charge in [-0.1, -0.05) is 0 Å². The van der Waals surface area contributed by atoms with Crippen molar-refractivity contribution in [1.82, 2.24) is 16.0 Å². The zero-order valence-corrected chi connectivity index (χ0v) is 53.1. The third-order valence-electron chi connectivity index (χ3n) is 14.6. The monoisotopic (exact) mass is 1510 g/mol. The Hall–Kier alpha value is -3.16. The summed E-state index contributed by atoms with van der Waals surface area (Å²) in [7, 11) is -27.6. The molecule has 0 unspecified atom stereocenters. The first kappa shape index (κ1) is 81.8. The van der Waals surface area contributed by atoms with Crippen molar-refractivity contribution >= 4 is 69.7 Å². The fourth-order valence-electron chi connectivity index (χ4n) is 10.4. The molecule has 6 heterocycles. The molecule has 3 amide bonds. The van der Waals surface area contributed by atoms with Gasteiger partial charge in [0, 0.05) is 20.8 Å². The van der Waals surface area contributed by atoms with Crippen molar-refractivity contribution < 1.29 is 214 Å². The molecule has 0 aromatic rings. The Morgan fingerprint density at radius 2 is 0.562 bits per heavy atom. The molecule has 6 rings (SSSR count). The lowest BCUT2D eigenvalue weighted by atomic mass is 9.93. The average molecular weight is 1510 g/mol. The fraction of sp³-hybridized carbons (Fsp3) is 0.929. The van der Waals surface area contributed by atoms with Gasteiger partial charge in [-0.2, -0.15) is 42.1 Å². The summed E-state index contributed by atoms with van der Waals surface area (Å²) in [6.45, 7) is -6.07. The van der Waals surface area contributed by atoms with E-state index in [0.717, 1.165) is 20.8 Å². The normalized spacial score (nSPS) is 41.5. The van der Waals surface area contributed by atoms with E-state index in [9.17, 15) is 136 Å². The number of amides is 3. The van der Waals surface area contributed by atoms with Crippen LogP contribution in [0.4, 0.5) is 0 Å². The van der Waals surface area contributed by atoms with Crippen LogP contribution in [0.15, 0.2) is 0 Å². The molecular formula is C42H71N3O46S5.